The molecule has 1 heteroatoms. The molecule has 15 heavy (non-hydrogen) atoms. The predicted molar refractivity (Wildman–Crippen MR) is 66.2 cm³/mol. The van der Waals surface area contributed by atoms with Crippen molar-refractivity contribution < 1.29 is 4.74 Å². The molecule has 0 saturated carbocycles. The van der Waals surface area contributed by atoms with E-state index in [1.165, 1.54) is 5.56 Å². The van der Waals surface area contributed by atoms with Gasteiger partial charge in [0.05, 0.1) is 7.11 Å². The first-order valence-electron chi connectivity index (χ1n) is 5.47. The van der Waals surface area contributed by atoms with E-state index < -0.39 is 0 Å². The Balaban J connectivity index is 2.96. The number of allylic oxidation sites excluding steroid dienone is 1. The molecule has 0 atom stereocenters. The summed E-state index contributed by atoms with van der Waals surface area (Å²) in [4.78, 5) is 0. The van der Waals surface area contributed by atoms with E-state index in [4.69, 9.17) is 4.74 Å². The lowest BCUT2D eigenvalue weighted by molar-refractivity contribution is 0.413. The van der Waals surface area contributed by atoms with E-state index in [2.05, 4.69) is 38.1 Å². The Morgan fingerprint density at radius 3 is 2.60 bits per heavy atom. The molecule has 0 aliphatic rings. The normalized spacial score (nSPS) is 11.3. The fraction of sp³-hybridized carbons (Fsp3) is 0.429. The van der Waals surface area contributed by atoms with E-state index in [9.17, 15) is 0 Å². The van der Waals surface area contributed by atoms with Crippen LogP contribution in [0.5, 0.6) is 5.75 Å². The number of ether oxygens (including phenoxy) is 1. The van der Waals surface area contributed by atoms with Crippen molar-refractivity contribution in [1.29, 1.82) is 0 Å². The highest BCUT2D eigenvalue weighted by Crippen LogP contribution is 2.23. The third-order valence-electron chi connectivity index (χ3n) is 2.29. The minimum absolute atomic E-state index is 0.683. The van der Waals surface area contributed by atoms with E-state index in [0.717, 1.165) is 17.7 Å². The van der Waals surface area contributed by atoms with Crippen LogP contribution in [0.25, 0.3) is 6.08 Å². The average Bonchev–Trinajstić information content (AvgIpc) is 2.20. The summed E-state index contributed by atoms with van der Waals surface area (Å²) in [6.07, 6.45) is 5.20. The van der Waals surface area contributed by atoms with Crippen LogP contribution in [0, 0.1) is 5.92 Å². The molecule has 0 aromatic heterocycles. The number of methoxy groups -OCH3 is 1. The summed E-state index contributed by atoms with van der Waals surface area (Å²) in [7, 11) is 1.72. The molecule has 0 spiro atoms. The second-order valence-electron chi connectivity index (χ2n) is 4.17. The van der Waals surface area contributed by atoms with Crippen LogP contribution in [-0.4, -0.2) is 7.11 Å². The molecule has 0 radical (unpaired) electrons. The summed E-state index contributed by atoms with van der Waals surface area (Å²) >= 11 is 0. The molecule has 1 aromatic rings. The topological polar surface area (TPSA) is 9.23 Å². The molecule has 0 aliphatic heterocycles. The van der Waals surface area contributed by atoms with Gasteiger partial charge in [-0.1, -0.05) is 38.1 Å². The predicted octanol–water partition coefficient (Wildman–Crippen LogP) is 3.93. The lowest BCUT2D eigenvalue weighted by Gasteiger charge is -2.09. The monoisotopic (exact) mass is 204 g/mol. The summed E-state index contributed by atoms with van der Waals surface area (Å²) in [5.41, 5.74) is 2.49. The molecule has 82 valence electrons. The van der Waals surface area contributed by atoms with E-state index in [1.54, 1.807) is 7.11 Å². The fourth-order valence-corrected chi connectivity index (χ4v) is 1.67. The van der Waals surface area contributed by atoms with Gasteiger partial charge >= 0.3 is 0 Å². The Kier molecular flexibility index (Phi) is 4.41. The van der Waals surface area contributed by atoms with Gasteiger partial charge in [0.15, 0.2) is 0 Å². The summed E-state index contributed by atoms with van der Waals surface area (Å²) in [5.74, 6) is 1.65. The number of hydrogen-bond acceptors (Lipinski definition) is 1. The third kappa shape index (κ3) is 3.43. The van der Waals surface area contributed by atoms with Gasteiger partial charge in [0.1, 0.15) is 5.75 Å². The van der Waals surface area contributed by atoms with Crippen LogP contribution < -0.4 is 4.74 Å². The van der Waals surface area contributed by atoms with Gasteiger partial charge in [0, 0.05) is 5.56 Å². The van der Waals surface area contributed by atoms with Crippen molar-refractivity contribution in [1.82, 2.24) is 0 Å². The maximum atomic E-state index is 5.37. The van der Waals surface area contributed by atoms with Crippen molar-refractivity contribution in [3.05, 3.63) is 35.4 Å². The number of rotatable bonds is 4. The van der Waals surface area contributed by atoms with Crippen LogP contribution >= 0.6 is 0 Å². The van der Waals surface area contributed by atoms with Crippen molar-refractivity contribution in [3.63, 3.8) is 0 Å². The zero-order valence-corrected chi connectivity index (χ0v) is 10.1. The Bertz CT molecular complexity index is 337. The number of hydrogen-bond donors (Lipinski definition) is 0. The van der Waals surface area contributed by atoms with Gasteiger partial charge in [0.25, 0.3) is 0 Å². The highest BCUT2D eigenvalue weighted by atomic mass is 16.5. The molecule has 0 amide bonds. The highest BCUT2D eigenvalue weighted by molar-refractivity contribution is 5.58. The van der Waals surface area contributed by atoms with Gasteiger partial charge in [-0.2, -0.15) is 0 Å². The van der Waals surface area contributed by atoms with Crippen LogP contribution in [0.3, 0.4) is 0 Å². The molecule has 0 unspecified atom stereocenters. The van der Waals surface area contributed by atoms with Crippen LogP contribution in [-0.2, 0) is 6.42 Å². The van der Waals surface area contributed by atoms with Crippen LogP contribution in [0.1, 0.15) is 31.9 Å². The second-order valence-corrected chi connectivity index (χ2v) is 4.17. The van der Waals surface area contributed by atoms with Gasteiger partial charge in [-0.15, -0.1) is 0 Å². The number of benzene rings is 1. The molecule has 0 saturated heterocycles. The fourth-order valence-electron chi connectivity index (χ4n) is 1.67. The maximum Gasteiger partial charge on any atom is 0.126 e. The molecule has 1 aromatic carbocycles. The van der Waals surface area contributed by atoms with Crippen LogP contribution in [0.2, 0.25) is 0 Å². The first-order valence-corrected chi connectivity index (χ1v) is 5.47. The zero-order valence-electron chi connectivity index (χ0n) is 10.1. The van der Waals surface area contributed by atoms with E-state index in [1.807, 2.05) is 13.0 Å². The molecule has 0 heterocycles. The SMILES string of the molecule is C/C=C/c1ccc(CC(C)C)cc1OC. The Morgan fingerprint density at radius 1 is 1.33 bits per heavy atom. The Morgan fingerprint density at radius 2 is 2.07 bits per heavy atom. The summed E-state index contributed by atoms with van der Waals surface area (Å²) in [5, 5.41) is 0. The van der Waals surface area contributed by atoms with Gasteiger partial charge < -0.3 is 4.74 Å². The summed E-state index contributed by atoms with van der Waals surface area (Å²) < 4.78 is 5.37. The molecule has 0 aliphatic carbocycles. The Labute approximate surface area is 92.8 Å². The first-order chi connectivity index (χ1) is 7.17. The van der Waals surface area contributed by atoms with Crippen LogP contribution in [0.15, 0.2) is 24.3 Å². The van der Waals surface area contributed by atoms with Crippen molar-refractivity contribution in [3.8, 4) is 5.75 Å². The lowest BCUT2D eigenvalue weighted by atomic mass is 10.0. The molecule has 0 bridgehead atoms. The first kappa shape index (κ1) is 11.8. The minimum atomic E-state index is 0.683. The lowest BCUT2D eigenvalue weighted by Crippen LogP contribution is -1.95. The zero-order chi connectivity index (χ0) is 11.3. The van der Waals surface area contributed by atoms with Crippen LogP contribution in [0.4, 0.5) is 0 Å². The van der Waals surface area contributed by atoms with Crippen molar-refractivity contribution >= 4 is 6.08 Å². The smallest absolute Gasteiger partial charge is 0.126 e. The molecular formula is C14H20O. The van der Waals surface area contributed by atoms with E-state index in [-0.39, 0.29) is 0 Å². The maximum absolute atomic E-state index is 5.37. The van der Waals surface area contributed by atoms with Gasteiger partial charge in [-0.05, 0) is 30.9 Å². The second kappa shape index (κ2) is 5.59. The summed E-state index contributed by atoms with van der Waals surface area (Å²) in [6.45, 7) is 6.47. The summed E-state index contributed by atoms with van der Waals surface area (Å²) in [6, 6.07) is 6.43. The molecular weight excluding hydrogens is 184 g/mol. The highest BCUT2D eigenvalue weighted by Gasteiger charge is 2.03. The average molecular weight is 204 g/mol. The molecule has 0 N–H and O–H groups in total. The largest absolute Gasteiger partial charge is 0.496 e. The standard InChI is InChI=1S/C14H20O/c1-5-6-13-8-7-12(9-11(2)3)10-14(13)15-4/h5-8,10-11H,9H2,1-4H3/b6-5+. The van der Waals surface area contributed by atoms with Crippen molar-refractivity contribution in [2.45, 2.75) is 27.2 Å². The van der Waals surface area contributed by atoms with E-state index >= 15 is 0 Å². The van der Waals surface area contributed by atoms with Crippen molar-refractivity contribution in [2.24, 2.45) is 5.92 Å². The quantitative estimate of drug-likeness (QED) is 0.722. The Hall–Kier alpha value is -1.24. The molecule has 1 nitrogen and oxygen atoms in total. The van der Waals surface area contributed by atoms with Crippen molar-refractivity contribution in [2.75, 3.05) is 7.11 Å². The molecule has 1 rings (SSSR count). The van der Waals surface area contributed by atoms with Gasteiger partial charge in [-0.25, -0.2) is 0 Å². The van der Waals surface area contributed by atoms with Gasteiger partial charge in [-0.3, -0.25) is 0 Å². The minimum Gasteiger partial charge on any atom is -0.496 e. The molecule has 0 fully saturated rings. The third-order valence-corrected chi connectivity index (χ3v) is 2.29. The van der Waals surface area contributed by atoms with Gasteiger partial charge in [0.2, 0.25) is 0 Å². The van der Waals surface area contributed by atoms with E-state index in [0.29, 0.717) is 5.92 Å².